The van der Waals surface area contributed by atoms with Gasteiger partial charge in [0, 0.05) is 37.0 Å². The van der Waals surface area contributed by atoms with Gasteiger partial charge in [-0.15, -0.1) is 22.7 Å². The van der Waals surface area contributed by atoms with E-state index in [9.17, 15) is 0 Å². The maximum Gasteiger partial charge on any atom is 0.254 e. The van der Waals surface area contributed by atoms with Gasteiger partial charge in [0.05, 0.1) is 10.7 Å². The molecule has 2 aliphatic heterocycles. The molecule has 0 aliphatic carbocycles. The van der Waals surface area contributed by atoms with Crippen molar-refractivity contribution in [3.8, 4) is 10.4 Å². The zero-order chi connectivity index (χ0) is 44.7. The maximum atomic E-state index is 2.69. The molecular weight excluding hydrogens is 800 g/mol. The van der Waals surface area contributed by atoms with Crippen LogP contribution in [0.3, 0.4) is 0 Å². The Labute approximate surface area is 384 Å². The van der Waals surface area contributed by atoms with Crippen molar-refractivity contribution in [2.24, 2.45) is 0 Å². The predicted molar refractivity (Wildman–Crippen MR) is 281 cm³/mol. The summed E-state index contributed by atoms with van der Waals surface area (Å²) in [6.45, 7) is 32.9. The second-order valence-electron chi connectivity index (χ2n) is 22.5. The Morgan fingerprint density at radius 3 is 1.65 bits per heavy atom. The van der Waals surface area contributed by atoms with Gasteiger partial charge in [0.25, 0.3) is 6.71 Å². The van der Waals surface area contributed by atoms with Crippen molar-refractivity contribution < 1.29 is 0 Å². The number of aryl methyl sites for hydroxylation is 2. The Balaban J connectivity index is 1.32. The molecule has 318 valence electrons. The van der Waals surface area contributed by atoms with E-state index in [1.165, 1.54) is 114 Å². The van der Waals surface area contributed by atoms with Crippen LogP contribution in [0.15, 0.2) is 115 Å². The van der Waals surface area contributed by atoms with Crippen LogP contribution in [-0.2, 0) is 21.7 Å². The number of thiophene rings is 2. The lowest BCUT2D eigenvalue weighted by molar-refractivity contribution is 0.589. The molecule has 4 heterocycles. The van der Waals surface area contributed by atoms with Crippen LogP contribution < -0.4 is 26.2 Å². The standard InChI is InChI=1S/C58H61BN2S2/c1-34-27-37(50-29-36-17-15-16-18-48(36)62-50)28-35(2)53(34)61-47-33-41(58(12,13)14)32-46-52(47)59(51-43-30-39(56(6,7)8)22-26-49(43)63-54(51)61)44-31-40(57(9,10)11)21-25-45(44)60(46)42-23-19-38(20-24-42)55(3,4)5/h15-33H,1-14H3. The van der Waals surface area contributed by atoms with Crippen molar-refractivity contribution in [1.29, 1.82) is 0 Å². The first-order chi connectivity index (χ1) is 29.6. The molecule has 10 rings (SSSR count). The number of hydrogen-bond donors (Lipinski definition) is 0. The van der Waals surface area contributed by atoms with Gasteiger partial charge >= 0.3 is 0 Å². The minimum absolute atomic E-state index is 0.0114. The van der Waals surface area contributed by atoms with E-state index in [2.05, 4.69) is 222 Å². The Hall–Kier alpha value is -5.10. The summed E-state index contributed by atoms with van der Waals surface area (Å²) in [5.74, 6) is 0. The van der Waals surface area contributed by atoms with E-state index in [1.54, 1.807) is 0 Å². The molecule has 0 saturated carbocycles. The van der Waals surface area contributed by atoms with Crippen molar-refractivity contribution in [2.45, 2.75) is 119 Å². The van der Waals surface area contributed by atoms with E-state index in [0.717, 1.165) is 0 Å². The Morgan fingerprint density at radius 2 is 1.03 bits per heavy atom. The van der Waals surface area contributed by atoms with Crippen LogP contribution in [0.1, 0.15) is 116 Å². The van der Waals surface area contributed by atoms with E-state index >= 15 is 0 Å². The molecule has 0 amide bonds. The fraction of sp³-hybridized carbons (Fsp3) is 0.310. The van der Waals surface area contributed by atoms with Crippen LogP contribution in [0.2, 0.25) is 0 Å². The average molecular weight is 861 g/mol. The fourth-order valence-electron chi connectivity index (χ4n) is 10.1. The van der Waals surface area contributed by atoms with Crippen LogP contribution in [0.25, 0.3) is 30.6 Å². The summed E-state index contributed by atoms with van der Waals surface area (Å²) < 4.78 is 2.67. The van der Waals surface area contributed by atoms with Crippen LogP contribution in [0.4, 0.5) is 33.4 Å². The van der Waals surface area contributed by atoms with Crippen LogP contribution in [0, 0.1) is 13.8 Å². The summed E-state index contributed by atoms with van der Waals surface area (Å²) in [5, 5.41) is 4.02. The van der Waals surface area contributed by atoms with E-state index < -0.39 is 0 Å². The van der Waals surface area contributed by atoms with Gasteiger partial charge in [0.15, 0.2) is 0 Å². The number of fused-ring (bicyclic) bond motifs is 7. The van der Waals surface area contributed by atoms with E-state index in [4.69, 9.17) is 0 Å². The van der Waals surface area contributed by atoms with Crippen LogP contribution in [0.5, 0.6) is 0 Å². The molecule has 2 aliphatic rings. The molecule has 0 bridgehead atoms. The predicted octanol–water partition coefficient (Wildman–Crippen LogP) is 15.7. The molecule has 0 saturated heterocycles. The zero-order valence-electron chi connectivity index (χ0n) is 39.8. The van der Waals surface area contributed by atoms with Gasteiger partial charge in [-0.05, 0) is 162 Å². The molecule has 63 heavy (non-hydrogen) atoms. The van der Waals surface area contributed by atoms with Crippen molar-refractivity contribution in [2.75, 3.05) is 9.80 Å². The molecule has 0 spiro atoms. The van der Waals surface area contributed by atoms with Gasteiger partial charge in [-0.3, -0.25) is 0 Å². The van der Waals surface area contributed by atoms with Crippen LogP contribution in [-0.4, -0.2) is 6.71 Å². The zero-order valence-corrected chi connectivity index (χ0v) is 41.4. The SMILES string of the molecule is Cc1cc(-c2cc3ccccc3s2)cc(C)c1N1c2cc(C(C)(C)C)cc3c2B(c2cc(C(C)(C)C)ccc2N3c2ccc(C(C)(C)C)cc2)c2c1sc1ccc(C(C)(C)C)cc21. The van der Waals surface area contributed by atoms with E-state index in [1.807, 2.05) is 22.7 Å². The highest BCUT2D eigenvalue weighted by Crippen LogP contribution is 2.51. The minimum Gasteiger partial charge on any atom is -0.311 e. The maximum absolute atomic E-state index is 2.69. The number of anilines is 6. The highest BCUT2D eigenvalue weighted by molar-refractivity contribution is 7.26. The Kier molecular flexibility index (Phi) is 9.44. The number of nitrogens with zero attached hydrogens (tertiary/aromatic N) is 2. The third-order valence-corrected chi connectivity index (χ3v) is 16.0. The molecule has 2 aromatic heterocycles. The molecule has 5 heteroatoms. The molecule has 0 unspecified atom stereocenters. The fourth-order valence-corrected chi connectivity index (χ4v) is 12.4. The van der Waals surface area contributed by atoms with E-state index in [-0.39, 0.29) is 28.4 Å². The molecule has 6 aromatic carbocycles. The van der Waals surface area contributed by atoms with Crippen molar-refractivity contribution in [3.63, 3.8) is 0 Å². The molecule has 0 N–H and O–H groups in total. The first-order valence-electron chi connectivity index (χ1n) is 22.8. The Morgan fingerprint density at radius 1 is 0.460 bits per heavy atom. The molecule has 0 atom stereocenters. The molecule has 2 nitrogen and oxygen atoms in total. The van der Waals surface area contributed by atoms with E-state index in [0.29, 0.717) is 0 Å². The van der Waals surface area contributed by atoms with Gasteiger partial charge in [-0.1, -0.05) is 138 Å². The molecule has 0 fully saturated rings. The van der Waals surface area contributed by atoms with Gasteiger partial charge < -0.3 is 9.80 Å². The van der Waals surface area contributed by atoms with Crippen molar-refractivity contribution >= 4 is 99.4 Å². The number of rotatable bonds is 3. The molecule has 8 aromatic rings. The number of benzene rings is 6. The summed E-state index contributed by atoms with van der Waals surface area (Å²) >= 11 is 3.86. The summed E-state index contributed by atoms with van der Waals surface area (Å²) in [7, 11) is 0. The van der Waals surface area contributed by atoms with Gasteiger partial charge in [0.2, 0.25) is 0 Å². The third kappa shape index (κ3) is 6.88. The normalized spacial score (nSPS) is 14.1. The summed E-state index contributed by atoms with van der Waals surface area (Å²) in [5.41, 5.74) is 19.8. The average Bonchev–Trinajstić information content (AvgIpc) is 3.82. The second-order valence-corrected chi connectivity index (χ2v) is 24.6. The molecule has 0 radical (unpaired) electrons. The summed E-state index contributed by atoms with van der Waals surface area (Å²) in [6, 6.07) is 45.2. The Bertz CT molecular complexity index is 3080. The largest absolute Gasteiger partial charge is 0.311 e. The quantitative estimate of drug-likeness (QED) is 0.163. The smallest absolute Gasteiger partial charge is 0.254 e. The topological polar surface area (TPSA) is 6.48 Å². The summed E-state index contributed by atoms with van der Waals surface area (Å²) in [6.07, 6.45) is 0. The third-order valence-electron chi connectivity index (χ3n) is 13.7. The minimum atomic E-state index is -0.0952. The lowest BCUT2D eigenvalue weighted by atomic mass is 9.33. The van der Waals surface area contributed by atoms with Crippen LogP contribution >= 0.6 is 22.7 Å². The first kappa shape index (κ1) is 41.9. The van der Waals surface area contributed by atoms with Gasteiger partial charge in [0.1, 0.15) is 0 Å². The first-order valence-corrected chi connectivity index (χ1v) is 24.4. The van der Waals surface area contributed by atoms with Crippen molar-refractivity contribution in [1.82, 2.24) is 0 Å². The second kappa shape index (κ2) is 14.2. The van der Waals surface area contributed by atoms with Gasteiger partial charge in [-0.2, -0.15) is 0 Å². The highest BCUT2D eigenvalue weighted by atomic mass is 32.1. The number of hydrogen-bond acceptors (Lipinski definition) is 4. The monoisotopic (exact) mass is 860 g/mol. The summed E-state index contributed by atoms with van der Waals surface area (Å²) in [4.78, 5) is 6.61. The lowest BCUT2D eigenvalue weighted by Gasteiger charge is -2.45. The highest BCUT2D eigenvalue weighted by Gasteiger charge is 2.47. The van der Waals surface area contributed by atoms with Gasteiger partial charge in [-0.25, -0.2) is 0 Å². The van der Waals surface area contributed by atoms with Crippen molar-refractivity contribution in [3.05, 3.63) is 149 Å². The lowest BCUT2D eigenvalue weighted by Crippen LogP contribution is -2.61. The molecular formula is C58H61BN2S2.